The lowest BCUT2D eigenvalue weighted by Crippen LogP contribution is -2.48. The zero-order valence-corrected chi connectivity index (χ0v) is 11.7. The molecule has 5 nitrogen and oxygen atoms in total. The maximum atomic E-state index is 11.2. The van der Waals surface area contributed by atoms with Crippen molar-refractivity contribution in [1.82, 2.24) is 4.90 Å². The van der Waals surface area contributed by atoms with Crippen LogP contribution in [0.25, 0.3) is 0 Å². The average Bonchev–Trinajstić information content (AvgIpc) is 2.68. The predicted molar refractivity (Wildman–Crippen MR) is 70.5 cm³/mol. The molecule has 0 heterocycles. The molecule has 2 unspecified atom stereocenters. The van der Waals surface area contributed by atoms with E-state index in [2.05, 4.69) is 18.7 Å². The predicted octanol–water partition coefficient (Wildman–Crippen LogP) is 0.925. The Morgan fingerprint density at radius 1 is 1.61 bits per heavy atom. The molecule has 1 saturated carbocycles. The van der Waals surface area contributed by atoms with Crippen LogP contribution in [0.5, 0.6) is 0 Å². The maximum Gasteiger partial charge on any atom is 0.323 e. The second-order valence-corrected chi connectivity index (χ2v) is 5.74. The summed E-state index contributed by atoms with van der Waals surface area (Å²) < 4.78 is 5.12. The number of nitrogens with zero attached hydrogens (tertiary/aromatic N) is 1. The fraction of sp³-hybridized carbons (Fsp3) is 0.923. The Kier molecular flexibility index (Phi) is 5.56. The summed E-state index contributed by atoms with van der Waals surface area (Å²) in [5.41, 5.74) is 4.90. The van der Waals surface area contributed by atoms with Gasteiger partial charge in [0.15, 0.2) is 0 Å². The molecule has 3 N–H and O–H groups in total. The van der Waals surface area contributed by atoms with Crippen LogP contribution in [0.4, 0.5) is 0 Å². The van der Waals surface area contributed by atoms with Gasteiger partial charge in [-0.3, -0.25) is 9.69 Å². The molecule has 1 aliphatic rings. The molecule has 5 heteroatoms. The van der Waals surface area contributed by atoms with Crippen LogP contribution >= 0.6 is 0 Å². The molecule has 0 aromatic carbocycles. The summed E-state index contributed by atoms with van der Waals surface area (Å²) >= 11 is 0. The Labute approximate surface area is 109 Å². The Morgan fingerprint density at radius 2 is 2.28 bits per heavy atom. The topological polar surface area (TPSA) is 75.8 Å². The number of ether oxygens (including phenoxy) is 1. The fourth-order valence-electron chi connectivity index (χ4n) is 2.66. The van der Waals surface area contributed by atoms with E-state index in [4.69, 9.17) is 15.6 Å². The van der Waals surface area contributed by atoms with Crippen LogP contribution < -0.4 is 5.73 Å². The summed E-state index contributed by atoms with van der Waals surface area (Å²) in [5.74, 6) is -0.319. The van der Waals surface area contributed by atoms with E-state index >= 15 is 0 Å². The number of hydrogen-bond acceptors (Lipinski definition) is 4. The number of aliphatic carboxylic acids is 1. The van der Waals surface area contributed by atoms with Crippen molar-refractivity contribution >= 4 is 5.97 Å². The van der Waals surface area contributed by atoms with Crippen LogP contribution in [-0.2, 0) is 9.53 Å². The van der Waals surface area contributed by atoms with E-state index in [9.17, 15) is 4.79 Å². The van der Waals surface area contributed by atoms with Gasteiger partial charge in [-0.15, -0.1) is 0 Å². The molecular formula is C13H26N2O3. The van der Waals surface area contributed by atoms with Crippen molar-refractivity contribution in [3.63, 3.8) is 0 Å². The minimum atomic E-state index is -1.03. The normalized spacial score (nSPS) is 28.2. The third kappa shape index (κ3) is 3.93. The first-order chi connectivity index (χ1) is 8.39. The molecule has 1 aliphatic carbocycles. The number of nitrogens with two attached hydrogens (primary N) is 1. The number of carboxylic acids is 1. The highest BCUT2D eigenvalue weighted by Gasteiger charge is 2.43. The number of carboxylic acid groups (broad SMARTS) is 1. The minimum absolute atomic E-state index is 0.267. The van der Waals surface area contributed by atoms with Gasteiger partial charge in [0, 0.05) is 26.2 Å². The van der Waals surface area contributed by atoms with Gasteiger partial charge in [0.25, 0.3) is 0 Å². The van der Waals surface area contributed by atoms with E-state index in [1.807, 2.05) is 0 Å². The second-order valence-electron chi connectivity index (χ2n) is 5.74. The molecule has 18 heavy (non-hydrogen) atoms. The van der Waals surface area contributed by atoms with Gasteiger partial charge < -0.3 is 15.6 Å². The summed E-state index contributed by atoms with van der Waals surface area (Å²) in [7, 11) is 1.69. The van der Waals surface area contributed by atoms with E-state index in [0.717, 1.165) is 19.5 Å². The van der Waals surface area contributed by atoms with Crippen LogP contribution in [0.1, 0.15) is 33.1 Å². The molecule has 1 fully saturated rings. The monoisotopic (exact) mass is 258 g/mol. The van der Waals surface area contributed by atoms with Crippen molar-refractivity contribution in [3.05, 3.63) is 0 Å². The molecule has 2 atom stereocenters. The highest BCUT2D eigenvalue weighted by molar-refractivity contribution is 5.79. The Bertz CT molecular complexity index is 283. The van der Waals surface area contributed by atoms with Crippen LogP contribution in [0, 0.1) is 5.92 Å². The molecule has 0 aromatic heterocycles. The van der Waals surface area contributed by atoms with Gasteiger partial charge >= 0.3 is 5.97 Å². The van der Waals surface area contributed by atoms with Gasteiger partial charge in [0.2, 0.25) is 0 Å². The highest BCUT2D eigenvalue weighted by Crippen LogP contribution is 2.31. The first kappa shape index (κ1) is 15.4. The lowest BCUT2D eigenvalue weighted by atomic mass is 9.99. The number of hydrogen-bond donors (Lipinski definition) is 2. The zero-order valence-electron chi connectivity index (χ0n) is 11.7. The van der Waals surface area contributed by atoms with Crippen molar-refractivity contribution in [2.75, 3.05) is 26.8 Å². The smallest absolute Gasteiger partial charge is 0.323 e. The number of carbonyl (C=O) groups is 1. The van der Waals surface area contributed by atoms with Gasteiger partial charge in [-0.1, -0.05) is 13.8 Å². The Morgan fingerprint density at radius 3 is 2.72 bits per heavy atom. The van der Waals surface area contributed by atoms with Crippen molar-refractivity contribution in [2.45, 2.75) is 44.7 Å². The van der Waals surface area contributed by atoms with Gasteiger partial charge in [-0.2, -0.15) is 0 Å². The summed E-state index contributed by atoms with van der Waals surface area (Å²) in [6.07, 6.45) is 1.96. The maximum absolute atomic E-state index is 11.2. The molecule has 106 valence electrons. The molecule has 0 aliphatic heterocycles. The summed E-state index contributed by atoms with van der Waals surface area (Å²) in [6.45, 7) is 6.82. The van der Waals surface area contributed by atoms with E-state index < -0.39 is 11.5 Å². The van der Waals surface area contributed by atoms with E-state index in [0.29, 0.717) is 25.4 Å². The lowest BCUT2D eigenvalue weighted by Gasteiger charge is -2.31. The summed E-state index contributed by atoms with van der Waals surface area (Å²) in [5, 5.41) is 9.16. The third-order valence-corrected chi connectivity index (χ3v) is 3.65. The summed E-state index contributed by atoms with van der Waals surface area (Å²) in [6, 6.07) is 0.267. The molecule has 0 bridgehead atoms. The molecule has 0 radical (unpaired) electrons. The largest absolute Gasteiger partial charge is 0.480 e. The molecule has 0 aromatic rings. The van der Waals surface area contributed by atoms with Crippen molar-refractivity contribution in [2.24, 2.45) is 11.7 Å². The zero-order chi connectivity index (χ0) is 13.8. The summed E-state index contributed by atoms with van der Waals surface area (Å²) in [4.78, 5) is 13.5. The van der Waals surface area contributed by atoms with Gasteiger partial charge in [0.05, 0.1) is 6.61 Å². The highest BCUT2D eigenvalue weighted by atomic mass is 16.5. The first-order valence-electron chi connectivity index (χ1n) is 6.64. The molecular weight excluding hydrogens is 232 g/mol. The van der Waals surface area contributed by atoms with Crippen molar-refractivity contribution in [1.29, 1.82) is 0 Å². The molecule has 0 spiro atoms. The van der Waals surface area contributed by atoms with Gasteiger partial charge in [0.1, 0.15) is 5.54 Å². The molecule has 0 amide bonds. The van der Waals surface area contributed by atoms with Crippen LogP contribution in [0.2, 0.25) is 0 Å². The Hall–Kier alpha value is -0.650. The SMILES string of the molecule is COCCN(CC(C)C)C1CCC(N)(C(=O)O)C1. The van der Waals surface area contributed by atoms with E-state index in [-0.39, 0.29) is 6.04 Å². The number of methoxy groups -OCH3 is 1. The molecule has 1 rings (SSSR count). The van der Waals surface area contributed by atoms with Gasteiger partial charge in [-0.05, 0) is 25.2 Å². The van der Waals surface area contributed by atoms with E-state index in [1.54, 1.807) is 7.11 Å². The van der Waals surface area contributed by atoms with Crippen LogP contribution in [-0.4, -0.2) is 54.4 Å². The van der Waals surface area contributed by atoms with E-state index in [1.165, 1.54) is 0 Å². The number of rotatable bonds is 7. The minimum Gasteiger partial charge on any atom is -0.480 e. The van der Waals surface area contributed by atoms with Gasteiger partial charge in [-0.25, -0.2) is 0 Å². The first-order valence-corrected chi connectivity index (χ1v) is 6.64. The van der Waals surface area contributed by atoms with Crippen molar-refractivity contribution in [3.8, 4) is 0 Å². The average molecular weight is 258 g/mol. The quantitative estimate of drug-likeness (QED) is 0.710. The van der Waals surface area contributed by atoms with Crippen LogP contribution in [0.15, 0.2) is 0 Å². The lowest BCUT2D eigenvalue weighted by molar-refractivity contribution is -0.143. The third-order valence-electron chi connectivity index (χ3n) is 3.65. The standard InChI is InChI=1S/C13H26N2O3/c1-10(2)9-15(6-7-18-3)11-4-5-13(14,8-11)12(16)17/h10-11H,4-9,14H2,1-3H3,(H,16,17). The fourth-order valence-corrected chi connectivity index (χ4v) is 2.66. The second kappa shape index (κ2) is 6.50. The van der Waals surface area contributed by atoms with Crippen LogP contribution in [0.3, 0.4) is 0 Å². The molecule has 0 saturated heterocycles. The Balaban J connectivity index is 2.61. The van der Waals surface area contributed by atoms with Crippen molar-refractivity contribution < 1.29 is 14.6 Å².